The molecule has 0 saturated heterocycles. The number of hydrogen-bond donors (Lipinski definition) is 0. The molecule has 1 fully saturated rings. The molecule has 1 aromatic rings. The number of ether oxygens (including phenoxy) is 1. The van der Waals surface area contributed by atoms with E-state index in [1.165, 1.54) is 13.2 Å². The summed E-state index contributed by atoms with van der Waals surface area (Å²) in [7, 11) is 1.42. The first-order valence-electron chi connectivity index (χ1n) is 6.14. The third kappa shape index (κ3) is 2.83. The molecule has 0 N–H and O–H groups in total. The van der Waals surface area contributed by atoms with Crippen molar-refractivity contribution in [2.75, 3.05) is 7.11 Å². The molecule has 0 heterocycles. The van der Waals surface area contributed by atoms with Crippen LogP contribution in [0.5, 0.6) is 0 Å². The van der Waals surface area contributed by atoms with Crippen molar-refractivity contribution in [3.8, 4) is 0 Å². The Morgan fingerprint density at radius 1 is 1.33 bits per heavy atom. The third-order valence-corrected chi connectivity index (χ3v) is 3.98. The summed E-state index contributed by atoms with van der Waals surface area (Å²) in [6.07, 6.45) is 3.39. The van der Waals surface area contributed by atoms with Crippen LogP contribution in [0.15, 0.2) is 18.2 Å². The highest BCUT2D eigenvalue weighted by Gasteiger charge is 2.27. The van der Waals surface area contributed by atoms with Gasteiger partial charge in [0.15, 0.2) is 0 Å². The number of methoxy groups -OCH3 is 1. The minimum Gasteiger partial charge on any atom is -0.469 e. The predicted molar refractivity (Wildman–Crippen MR) is 68.1 cm³/mol. The van der Waals surface area contributed by atoms with Crippen LogP contribution >= 0.6 is 11.6 Å². The van der Waals surface area contributed by atoms with E-state index >= 15 is 0 Å². The summed E-state index contributed by atoms with van der Waals surface area (Å²) in [6.45, 7) is 0. The van der Waals surface area contributed by atoms with Crippen molar-refractivity contribution in [2.24, 2.45) is 5.92 Å². The molecule has 0 atom stereocenters. The largest absolute Gasteiger partial charge is 0.469 e. The molecule has 0 bridgehead atoms. The fourth-order valence-corrected chi connectivity index (χ4v) is 2.71. The van der Waals surface area contributed by atoms with Gasteiger partial charge in [-0.15, -0.1) is 0 Å². The zero-order valence-corrected chi connectivity index (χ0v) is 11.0. The van der Waals surface area contributed by atoms with Crippen molar-refractivity contribution >= 4 is 17.6 Å². The summed E-state index contributed by atoms with van der Waals surface area (Å²) < 4.78 is 18.1. The van der Waals surface area contributed by atoms with E-state index in [2.05, 4.69) is 0 Å². The Morgan fingerprint density at radius 3 is 2.56 bits per heavy atom. The maximum atomic E-state index is 13.4. The second kappa shape index (κ2) is 5.70. The van der Waals surface area contributed by atoms with Gasteiger partial charge in [0.05, 0.1) is 18.1 Å². The Kier molecular flexibility index (Phi) is 4.23. The Balaban J connectivity index is 2.01. The van der Waals surface area contributed by atoms with E-state index in [4.69, 9.17) is 16.3 Å². The van der Waals surface area contributed by atoms with Crippen LogP contribution in [0.3, 0.4) is 0 Å². The van der Waals surface area contributed by atoms with Gasteiger partial charge in [0.25, 0.3) is 0 Å². The van der Waals surface area contributed by atoms with Crippen LogP contribution in [0, 0.1) is 11.7 Å². The fourth-order valence-electron chi connectivity index (χ4n) is 2.60. The molecule has 1 saturated carbocycles. The summed E-state index contributed by atoms with van der Waals surface area (Å²) in [5, 5.41) is 0.155. The third-order valence-electron chi connectivity index (χ3n) is 3.68. The van der Waals surface area contributed by atoms with Crippen LogP contribution in [-0.2, 0) is 9.53 Å². The van der Waals surface area contributed by atoms with Crippen molar-refractivity contribution in [1.29, 1.82) is 0 Å². The van der Waals surface area contributed by atoms with Crippen molar-refractivity contribution in [1.82, 2.24) is 0 Å². The van der Waals surface area contributed by atoms with Crippen molar-refractivity contribution in [2.45, 2.75) is 31.6 Å². The summed E-state index contributed by atoms with van der Waals surface area (Å²) >= 11 is 5.67. The normalized spacial score (nSPS) is 23.7. The lowest BCUT2D eigenvalue weighted by Gasteiger charge is -2.27. The number of esters is 1. The number of halogens is 2. The smallest absolute Gasteiger partial charge is 0.308 e. The van der Waals surface area contributed by atoms with Crippen LogP contribution in [0.25, 0.3) is 0 Å². The molecule has 0 aromatic heterocycles. The molecule has 18 heavy (non-hydrogen) atoms. The zero-order valence-electron chi connectivity index (χ0n) is 10.3. The van der Waals surface area contributed by atoms with Crippen molar-refractivity contribution in [3.63, 3.8) is 0 Å². The van der Waals surface area contributed by atoms with Gasteiger partial charge in [0, 0.05) is 0 Å². The van der Waals surface area contributed by atoms with Crippen LogP contribution in [0.4, 0.5) is 4.39 Å². The highest BCUT2D eigenvalue weighted by molar-refractivity contribution is 6.30. The highest BCUT2D eigenvalue weighted by atomic mass is 35.5. The van der Waals surface area contributed by atoms with Crippen LogP contribution in [0.1, 0.15) is 37.2 Å². The van der Waals surface area contributed by atoms with Crippen molar-refractivity contribution in [3.05, 3.63) is 34.6 Å². The first kappa shape index (κ1) is 13.3. The SMILES string of the molecule is COC(=O)C1CCC(c2ccc(Cl)c(F)c2)CC1. The molecule has 0 amide bonds. The van der Waals surface area contributed by atoms with E-state index < -0.39 is 0 Å². The quantitative estimate of drug-likeness (QED) is 0.761. The molecule has 1 aliphatic rings. The van der Waals surface area contributed by atoms with Gasteiger partial charge in [-0.1, -0.05) is 17.7 Å². The summed E-state index contributed by atoms with van der Waals surface area (Å²) in [5.41, 5.74) is 0.972. The van der Waals surface area contributed by atoms with Gasteiger partial charge in [-0.05, 0) is 49.3 Å². The topological polar surface area (TPSA) is 26.3 Å². The number of rotatable bonds is 2. The molecule has 4 heteroatoms. The molecule has 98 valence electrons. The molecular weight excluding hydrogens is 255 g/mol. The fraction of sp³-hybridized carbons (Fsp3) is 0.500. The van der Waals surface area contributed by atoms with Crippen LogP contribution in [0.2, 0.25) is 5.02 Å². The molecule has 1 aliphatic carbocycles. The average Bonchev–Trinajstić information content (AvgIpc) is 2.41. The van der Waals surface area contributed by atoms with E-state index in [0.717, 1.165) is 31.2 Å². The van der Waals surface area contributed by atoms with E-state index in [9.17, 15) is 9.18 Å². The molecule has 2 nitrogen and oxygen atoms in total. The number of hydrogen-bond acceptors (Lipinski definition) is 2. The van der Waals surface area contributed by atoms with Gasteiger partial charge < -0.3 is 4.74 Å². The maximum Gasteiger partial charge on any atom is 0.308 e. The number of benzene rings is 1. The van der Waals surface area contributed by atoms with E-state index in [1.54, 1.807) is 6.07 Å². The van der Waals surface area contributed by atoms with Gasteiger partial charge in [0.2, 0.25) is 0 Å². The Labute approximate surface area is 111 Å². The first-order valence-corrected chi connectivity index (χ1v) is 6.52. The van der Waals surface area contributed by atoms with Crippen LogP contribution < -0.4 is 0 Å². The van der Waals surface area contributed by atoms with Gasteiger partial charge >= 0.3 is 5.97 Å². The lowest BCUT2D eigenvalue weighted by atomic mass is 9.79. The summed E-state index contributed by atoms with van der Waals surface area (Å²) in [6, 6.07) is 4.97. The van der Waals surface area contributed by atoms with Gasteiger partial charge in [-0.25, -0.2) is 4.39 Å². The Bertz CT molecular complexity index is 439. The van der Waals surface area contributed by atoms with Gasteiger partial charge in [-0.2, -0.15) is 0 Å². The minimum atomic E-state index is -0.371. The lowest BCUT2D eigenvalue weighted by Crippen LogP contribution is -2.22. The second-order valence-corrected chi connectivity index (χ2v) is 5.15. The first-order chi connectivity index (χ1) is 8.61. The summed E-state index contributed by atoms with van der Waals surface area (Å²) in [4.78, 5) is 11.4. The van der Waals surface area contributed by atoms with Gasteiger partial charge in [0.1, 0.15) is 5.82 Å². The molecule has 1 aromatic carbocycles. The van der Waals surface area contributed by atoms with E-state index in [1.807, 2.05) is 6.07 Å². The average molecular weight is 271 g/mol. The Hall–Kier alpha value is -1.09. The molecular formula is C14H16ClFO2. The summed E-state index contributed by atoms with van der Waals surface area (Å²) in [5.74, 6) is -0.180. The molecule has 0 unspecified atom stereocenters. The van der Waals surface area contributed by atoms with Crippen LogP contribution in [-0.4, -0.2) is 13.1 Å². The van der Waals surface area contributed by atoms with Crippen molar-refractivity contribution < 1.29 is 13.9 Å². The number of carbonyl (C=O) groups excluding carboxylic acids is 1. The van der Waals surface area contributed by atoms with E-state index in [-0.39, 0.29) is 22.7 Å². The molecule has 0 aliphatic heterocycles. The molecule has 2 rings (SSSR count). The van der Waals surface area contributed by atoms with E-state index in [0.29, 0.717) is 5.92 Å². The molecule has 0 spiro atoms. The Morgan fingerprint density at radius 2 is 2.00 bits per heavy atom. The zero-order chi connectivity index (χ0) is 13.1. The second-order valence-electron chi connectivity index (χ2n) is 4.75. The molecule has 0 radical (unpaired) electrons. The minimum absolute atomic E-state index is 0.00315. The monoisotopic (exact) mass is 270 g/mol. The lowest BCUT2D eigenvalue weighted by molar-refractivity contribution is -0.146. The highest BCUT2D eigenvalue weighted by Crippen LogP contribution is 2.36. The standard InChI is InChI=1S/C14H16ClFO2/c1-18-14(17)10-4-2-9(3-5-10)11-6-7-12(15)13(16)8-11/h6-10H,2-5H2,1H3. The maximum absolute atomic E-state index is 13.4. The predicted octanol–water partition coefficient (Wildman–Crippen LogP) is 3.93. The number of carbonyl (C=O) groups is 1. The van der Waals surface area contributed by atoms with Gasteiger partial charge in [-0.3, -0.25) is 4.79 Å².